The van der Waals surface area contributed by atoms with Crippen molar-refractivity contribution < 1.29 is 4.79 Å². The summed E-state index contributed by atoms with van der Waals surface area (Å²) in [6.45, 7) is 4.04. The Morgan fingerprint density at radius 1 is 1.14 bits per heavy atom. The van der Waals surface area contributed by atoms with Crippen molar-refractivity contribution in [1.82, 2.24) is 9.55 Å². The number of aromatic amines is 1. The van der Waals surface area contributed by atoms with Gasteiger partial charge in [0.2, 0.25) is 0 Å². The lowest BCUT2D eigenvalue weighted by atomic mass is 9.69. The van der Waals surface area contributed by atoms with E-state index in [1.165, 1.54) is 4.57 Å². The molecule has 6 nitrogen and oxygen atoms in total. The third-order valence-corrected chi connectivity index (χ3v) is 5.96. The van der Waals surface area contributed by atoms with Crippen molar-refractivity contribution in [1.29, 1.82) is 0 Å². The van der Waals surface area contributed by atoms with Gasteiger partial charge in [-0.1, -0.05) is 43.1 Å². The second-order valence-corrected chi connectivity index (χ2v) is 8.98. The van der Waals surface area contributed by atoms with Gasteiger partial charge in [0.15, 0.2) is 5.78 Å². The van der Waals surface area contributed by atoms with Crippen LogP contribution in [0.3, 0.4) is 0 Å². The predicted molar refractivity (Wildman–Crippen MR) is 109 cm³/mol. The lowest BCUT2D eigenvalue weighted by molar-refractivity contribution is -0.118. The third kappa shape index (κ3) is 2.91. The zero-order valence-electron chi connectivity index (χ0n) is 15.7. The van der Waals surface area contributed by atoms with Crippen LogP contribution in [-0.2, 0) is 11.8 Å². The maximum absolute atomic E-state index is 13.1. The highest BCUT2D eigenvalue weighted by molar-refractivity contribution is 6.35. The molecule has 2 N–H and O–H groups in total. The van der Waals surface area contributed by atoms with Gasteiger partial charge < -0.3 is 5.32 Å². The van der Waals surface area contributed by atoms with E-state index in [9.17, 15) is 14.4 Å². The molecule has 28 heavy (non-hydrogen) atoms. The van der Waals surface area contributed by atoms with Crippen LogP contribution in [0.5, 0.6) is 0 Å². The van der Waals surface area contributed by atoms with Crippen molar-refractivity contribution in [2.45, 2.75) is 32.6 Å². The summed E-state index contributed by atoms with van der Waals surface area (Å²) in [5.74, 6) is -0.321. The fraction of sp³-hybridized carbons (Fsp3) is 0.350. The second kappa shape index (κ2) is 6.36. The van der Waals surface area contributed by atoms with Crippen molar-refractivity contribution in [3.05, 3.63) is 71.5 Å². The lowest BCUT2D eigenvalue weighted by Crippen LogP contribution is -2.41. The molecule has 0 spiro atoms. The quantitative estimate of drug-likeness (QED) is 0.739. The molecule has 0 saturated carbocycles. The number of benzene rings is 1. The van der Waals surface area contributed by atoms with Crippen LogP contribution in [0.4, 0.5) is 5.82 Å². The summed E-state index contributed by atoms with van der Waals surface area (Å²) in [6.07, 6.45) is 0.991. The zero-order valence-corrected chi connectivity index (χ0v) is 17.2. The molecule has 1 atom stereocenters. The topological polar surface area (TPSA) is 84.0 Å². The predicted octanol–water partition coefficient (Wildman–Crippen LogP) is 3.58. The summed E-state index contributed by atoms with van der Waals surface area (Å²) in [6, 6.07) is 5.00. The Balaban J connectivity index is 2.07. The number of nitrogens with zero attached hydrogens (tertiary/aromatic N) is 1. The van der Waals surface area contributed by atoms with Gasteiger partial charge in [-0.05, 0) is 29.5 Å². The number of H-pyrrole nitrogens is 1. The average Bonchev–Trinajstić information content (AvgIpc) is 2.57. The van der Waals surface area contributed by atoms with Crippen molar-refractivity contribution in [3.63, 3.8) is 0 Å². The highest BCUT2D eigenvalue weighted by Crippen LogP contribution is 2.48. The SMILES string of the molecule is Cn1c2c(c(=O)[nH]c1=O)C(c1ccc(Cl)cc1Cl)C1=C(CC(C)(C)CC1=O)N2. The minimum Gasteiger partial charge on any atom is -0.344 e. The molecule has 1 aromatic heterocycles. The molecular weight excluding hydrogens is 401 g/mol. The smallest absolute Gasteiger partial charge is 0.329 e. The number of hydrogen-bond donors (Lipinski definition) is 2. The molecule has 2 aliphatic rings. The number of Topliss-reactive ketones (excluding diaryl/α,β-unsaturated/α-hetero) is 1. The molecule has 0 fully saturated rings. The number of fused-ring (bicyclic) bond motifs is 1. The normalized spacial score (nSPS) is 20.5. The van der Waals surface area contributed by atoms with Crippen LogP contribution >= 0.6 is 23.2 Å². The molecule has 0 saturated heterocycles. The van der Waals surface area contributed by atoms with Crippen LogP contribution < -0.4 is 16.6 Å². The van der Waals surface area contributed by atoms with E-state index in [1.54, 1.807) is 25.2 Å². The fourth-order valence-corrected chi connectivity index (χ4v) is 4.69. The first-order valence-electron chi connectivity index (χ1n) is 8.90. The molecule has 0 radical (unpaired) electrons. The number of ketones is 1. The van der Waals surface area contributed by atoms with Crippen LogP contribution in [-0.4, -0.2) is 15.3 Å². The van der Waals surface area contributed by atoms with Gasteiger partial charge in [-0.3, -0.25) is 19.1 Å². The summed E-state index contributed by atoms with van der Waals surface area (Å²) >= 11 is 12.5. The highest BCUT2D eigenvalue weighted by Gasteiger charge is 2.43. The molecule has 4 rings (SSSR count). The first-order valence-corrected chi connectivity index (χ1v) is 9.66. The number of rotatable bonds is 1. The molecule has 0 bridgehead atoms. The monoisotopic (exact) mass is 419 g/mol. The van der Waals surface area contributed by atoms with Gasteiger partial charge in [0, 0.05) is 40.7 Å². The maximum Gasteiger partial charge on any atom is 0.329 e. The molecule has 1 aromatic carbocycles. The Labute approximate surface area is 171 Å². The summed E-state index contributed by atoms with van der Waals surface area (Å²) in [5.41, 5.74) is 0.880. The Hall–Kier alpha value is -2.31. The number of carbonyl (C=O) groups excluding carboxylic acids is 1. The van der Waals surface area contributed by atoms with Crippen molar-refractivity contribution in [2.24, 2.45) is 12.5 Å². The number of halogens is 2. The van der Waals surface area contributed by atoms with Crippen LogP contribution in [0.1, 0.15) is 43.7 Å². The van der Waals surface area contributed by atoms with Gasteiger partial charge in [0.05, 0.1) is 5.56 Å². The van der Waals surface area contributed by atoms with Crippen LogP contribution in [0.15, 0.2) is 39.1 Å². The van der Waals surface area contributed by atoms with E-state index < -0.39 is 17.2 Å². The largest absolute Gasteiger partial charge is 0.344 e. The standard InChI is InChI=1S/C20H19Cl2N3O3/c1-20(2)7-12-15(13(26)8-20)14(10-5-4-9(21)6-11(10)22)16-17(23-12)25(3)19(28)24-18(16)27/h4-6,14,23H,7-8H2,1-3H3,(H,24,27,28). The molecular formula is C20H19Cl2N3O3. The number of aromatic nitrogens is 2. The van der Waals surface area contributed by atoms with Crippen molar-refractivity contribution in [3.8, 4) is 0 Å². The van der Waals surface area contributed by atoms with E-state index in [2.05, 4.69) is 10.3 Å². The molecule has 2 heterocycles. The van der Waals surface area contributed by atoms with E-state index in [1.807, 2.05) is 13.8 Å². The van der Waals surface area contributed by atoms with Gasteiger partial charge >= 0.3 is 5.69 Å². The van der Waals surface area contributed by atoms with Crippen LogP contribution in [0.25, 0.3) is 0 Å². The number of carbonyl (C=O) groups is 1. The van der Waals surface area contributed by atoms with Crippen LogP contribution in [0.2, 0.25) is 10.0 Å². The number of anilines is 1. The van der Waals surface area contributed by atoms with Gasteiger partial charge in [0.1, 0.15) is 5.82 Å². The molecule has 0 amide bonds. The number of hydrogen-bond acceptors (Lipinski definition) is 4. The van der Waals surface area contributed by atoms with E-state index in [-0.39, 0.29) is 11.2 Å². The molecule has 1 unspecified atom stereocenters. The van der Waals surface area contributed by atoms with E-state index in [0.29, 0.717) is 45.4 Å². The first-order chi connectivity index (χ1) is 13.1. The highest BCUT2D eigenvalue weighted by atomic mass is 35.5. The summed E-state index contributed by atoms with van der Waals surface area (Å²) in [7, 11) is 1.58. The van der Waals surface area contributed by atoms with E-state index >= 15 is 0 Å². The molecule has 8 heteroatoms. The third-order valence-electron chi connectivity index (χ3n) is 5.40. The Kier molecular flexibility index (Phi) is 4.32. The minimum atomic E-state index is -0.671. The molecule has 146 valence electrons. The summed E-state index contributed by atoms with van der Waals surface area (Å²) in [4.78, 5) is 40.4. The Morgan fingerprint density at radius 2 is 1.86 bits per heavy atom. The molecule has 1 aliphatic carbocycles. The Bertz CT molecular complexity index is 1170. The van der Waals surface area contributed by atoms with Crippen LogP contribution in [0, 0.1) is 5.41 Å². The molecule has 2 aromatic rings. The lowest BCUT2D eigenvalue weighted by Gasteiger charge is -2.39. The zero-order chi connectivity index (χ0) is 20.4. The second-order valence-electron chi connectivity index (χ2n) is 8.14. The minimum absolute atomic E-state index is 0.0336. The van der Waals surface area contributed by atoms with Crippen molar-refractivity contribution in [2.75, 3.05) is 5.32 Å². The Morgan fingerprint density at radius 3 is 2.54 bits per heavy atom. The van der Waals surface area contributed by atoms with Gasteiger partial charge in [-0.25, -0.2) is 4.79 Å². The van der Waals surface area contributed by atoms with E-state index in [0.717, 1.165) is 5.70 Å². The number of allylic oxidation sites excluding steroid dienone is 2. The van der Waals surface area contributed by atoms with Crippen molar-refractivity contribution >= 4 is 34.8 Å². The number of nitrogens with one attached hydrogen (secondary N) is 2. The summed E-state index contributed by atoms with van der Waals surface area (Å²) < 4.78 is 1.35. The average molecular weight is 420 g/mol. The maximum atomic E-state index is 13.1. The molecule has 1 aliphatic heterocycles. The van der Waals surface area contributed by atoms with Gasteiger partial charge in [-0.15, -0.1) is 0 Å². The van der Waals surface area contributed by atoms with E-state index in [4.69, 9.17) is 23.2 Å². The van der Waals surface area contributed by atoms with Gasteiger partial charge in [-0.2, -0.15) is 0 Å². The summed E-state index contributed by atoms with van der Waals surface area (Å²) in [5, 5.41) is 4.02. The fourth-order valence-electron chi connectivity index (χ4n) is 4.17. The van der Waals surface area contributed by atoms with Gasteiger partial charge in [0.25, 0.3) is 5.56 Å². The first kappa shape index (κ1) is 19.0.